The van der Waals surface area contributed by atoms with E-state index in [1.54, 1.807) is 25.1 Å². The summed E-state index contributed by atoms with van der Waals surface area (Å²) in [6.07, 6.45) is 4.70. The summed E-state index contributed by atoms with van der Waals surface area (Å²) in [5.41, 5.74) is 9.12. The fourth-order valence-corrected chi connectivity index (χ4v) is 2.80. The second-order valence-electron chi connectivity index (χ2n) is 6.58. The predicted octanol–water partition coefficient (Wildman–Crippen LogP) is 2.22. The van der Waals surface area contributed by atoms with Crippen LogP contribution in [-0.2, 0) is 0 Å². The Morgan fingerprint density at radius 1 is 1.27 bits per heavy atom. The van der Waals surface area contributed by atoms with Crippen molar-refractivity contribution in [2.75, 3.05) is 5.73 Å². The summed E-state index contributed by atoms with van der Waals surface area (Å²) in [4.78, 5) is 23.2. The maximum Gasteiger partial charge on any atom is 0.294 e. The second-order valence-corrected chi connectivity index (χ2v) is 6.58. The average Bonchev–Trinajstić information content (AvgIpc) is 3.54. The van der Waals surface area contributed by atoms with Crippen molar-refractivity contribution in [2.45, 2.75) is 6.92 Å². The van der Waals surface area contributed by atoms with Gasteiger partial charge in [0.1, 0.15) is 11.5 Å². The summed E-state index contributed by atoms with van der Waals surface area (Å²) < 4.78 is 11.0. The Morgan fingerprint density at radius 3 is 2.70 bits per heavy atom. The van der Waals surface area contributed by atoms with Gasteiger partial charge in [0.15, 0.2) is 5.69 Å². The molecule has 0 bridgehead atoms. The van der Waals surface area contributed by atoms with Gasteiger partial charge in [0.2, 0.25) is 11.6 Å². The Morgan fingerprint density at radius 2 is 2.06 bits per heavy atom. The highest BCUT2D eigenvalue weighted by molar-refractivity contribution is 5.99. The van der Waals surface area contributed by atoms with Crippen molar-refractivity contribution in [1.29, 1.82) is 0 Å². The number of rotatable bonds is 7. The van der Waals surface area contributed by atoms with Crippen molar-refractivity contribution in [1.82, 2.24) is 30.7 Å². The average molecular weight is 449 g/mol. The van der Waals surface area contributed by atoms with Crippen LogP contribution in [0.2, 0.25) is 0 Å². The molecule has 4 aromatic rings. The van der Waals surface area contributed by atoms with Gasteiger partial charge < -0.3 is 10.2 Å². The van der Waals surface area contributed by atoms with Crippen LogP contribution in [0.4, 0.5) is 11.5 Å². The number of nitro groups is 1. The number of nitrogens with one attached hydrogen (secondary N) is 1. The summed E-state index contributed by atoms with van der Waals surface area (Å²) in [6, 6.07) is 8.95. The van der Waals surface area contributed by atoms with Gasteiger partial charge in [-0.2, -0.15) is 9.78 Å². The topological polar surface area (TPSA) is 193 Å². The minimum Gasteiger partial charge on any atom is -0.465 e. The third kappa shape index (κ3) is 4.48. The highest BCUT2D eigenvalue weighted by atomic mass is 16.6. The molecule has 3 aromatic heterocycles. The first-order valence-corrected chi connectivity index (χ1v) is 9.28. The fourth-order valence-electron chi connectivity index (χ4n) is 2.80. The number of nitrogens with zero attached hydrogens (tertiary/aromatic N) is 7. The molecule has 166 valence electrons. The molecule has 0 radical (unpaired) electrons. The summed E-state index contributed by atoms with van der Waals surface area (Å²) in [5.74, 6) is -0.151. The highest BCUT2D eigenvalue weighted by Crippen LogP contribution is 2.28. The lowest BCUT2D eigenvalue weighted by atomic mass is 10.1. The molecular formula is C19H15N9O5. The number of hydrogen-bond acceptors (Lipinski definition) is 11. The molecule has 3 N–H and O–H groups in total. The normalized spacial score (nSPS) is 11.7. The molecule has 0 spiro atoms. The van der Waals surface area contributed by atoms with Gasteiger partial charge in [-0.15, -0.1) is 5.10 Å². The molecule has 0 saturated heterocycles. The third-order valence-corrected chi connectivity index (χ3v) is 4.28. The molecule has 0 saturated carbocycles. The Bertz CT molecular complexity index is 1350. The molecule has 0 aliphatic heterocycles. The Balaban J connectivity index is 1.65. The second kappa shape index (κ2) is 8.93. The number of allylic oxidation sites excluding steroid dienone is 1. The van der Waals surface area contributed by atoms with Crippen LogP contribution in [0, 0.1) is 10.1 Å². The van der Waals surface area contributed by atoms with Crippen LogP contribution in [0.3, 0.4) is 0 Å². The number of carbonyl (C=O) groups is 1. The smallest absolute Gasteiger partial charge is 0.294 e. The van der Waals surface area contributed by atoms with Crippen molar-refractivity contribution in [3.8, 4) is 17.1 Å². The van der Waals surface area contributed by atoms with Crippen LogP contribution >= 0.6 is 0 Å². The van der Waals surface area contributed by atoms with Crippen molar-refractivity contribution in [2.24, 2.45) is 5.10 Å². The SMILES string of the molecule is CC(C=NNC(=O)c1nnn(-c2nonc2N)c1-c1ccc([N+](=O)[O-])cc1)=Cc1ccco1. The van der Waals surface area contributed by atoms with Crippen molar-refractivity contribution in [3.05, 3.63) is 69.8 Å². The number of amides is 1. The highest BCUT2D eigenvalue weighted by Gasteiger charge is 2.25. The number of benzene rings is 1. The molecule has 0 aliphatic rings. The Kier molecular flexibility index (Phi) is 5.71. The molecule has 3 heterocycles. The number of carbonyl (C=O) groups excluding carboxylic acids is 1. The molecule has 4 rings (SSSR count). The zero-order valence-electron chi connectivity index (χ0n) is 16.9. The van der Waals surface area contributed by atoms with Gasteiger partial charge in [0.05, 0.1) is 17.4 Å². The number of hydrogen-bond donors (Lipinski definition) is 2. The molecule has 1 aromatic carbocycles. The first kappa shape index (κ1) is 21.1. The summed E-state index contributed by atoms with van der Waals surface area (Å²) in [5, 5.41) is 29.9. The van der Waals surface area contributed by atoms with E-state index in [9.17, 15) is 14.9 Å². The van der Waals surface area contributed by atoms with Crippen LogP contribution in [0.5, 0.6) is 0 Å². The van der Waals surface area contributed by atoms with Gasteiger partial charge in [-0.1, -0.05) is 5.21 Å². The number of nitrogen functional groups attached to an aromatic ring is 1. The first-order valence-electron chi connectivity index (χ1n) is 9.28. The fraction of sp³-hybridized carbons (Fsp3) is 0.0526. The monoisotopic (exact) mass is 449 g/mol. The van der Waals surface area contributed by atoms with Gasteiger partial charge in [-0.05, 0) is 53.2 Å². The van der Waals surface area contributed by atoms with Crippen LogP contribution in [-0.4, -0.2) is 42.4 Å². The molecule has 0 unspecified atom stereocenters. The van der Waals surface area contributed by atoms with E-state index in [-0.39, 0.29) is 28.7 Å². The number of non-ortho nitro benzene ring substituents is 1. The maximum absolute atomic E-state index is 12.8. The molecule has 14 heteroatoms. The minimum absolute atomic E-state index is 0.00405. The lowest BCUT2D eigenvalue weighted by Crippen LogP contribution is -2.19. The zero-order chi connectivity index (χ0) is 23.4. The van der Waals surface area contributed by atoms with Gasteiger partial charge in [0, 0.05) is 17.7 Å². The van der Waals surface area contributed by atoms with Crippen LogP contribution < -0.4 is 11.2 Å². The lowest BCUT2D eigenvalue weighted by Gasteiger charge is -2.05. The number of furan rings is 1. The summed E-state index contributed by atoms with van der Waals surface area (Å²) in [6.45, 7) is 1.77. The van der Waals surface area contributed by atoms with E-state index in [1.807, 2.05) is 0 Å². The molecule has 1 amide bonds. The standard InChI is InChI=1S/C19H15N9O5/c1-11(9-14-3-2-8-32-14)10-21-23-19(29)15-16(12-4-6-13(7-5-12)28(30)31)27(26-22-15)18-17(20)24-33-25-18/h2-10H,1H3,(H2,20,24)(H,23,29). The third-order valence-electron chi connectivity index (χ3n) is 4.28. The van der Waals surface area contributed by atoms with Gasteiger partial charge >= 0.3 is 0 Å². The van der Waals surface area contributed by atoms with Crippen LogP contribution in [0.15, 0.2) is 62.4 Å². The molecular weight excluding hydrogens is 434 g/mol. The number of anilines is 1. The van der Waals surface area contributed by atoms with Crippen LogP contribution in [0.25, 0.3) is 23.2 Å². The number of aromatic nitrogens is 5. The van der Waals surface area contributed by atoms with E-state index in [0.717, 1.165) is 4.68 Å². The van der Waals surface area contributed by atoms with E-state index in [0.29, 0.717) is 16.9 Å². The van der Waals surface area contributed by atoms with Crippen molar-refractivity contribution in [3.63, 3.8) is 0 Å². The molecule has 14 nitrogen and oxygen atoms in total. The molecule has 0 atom stereocenters. The molecule has 33 heavy (non-hydrogen) atoms. The van der Waals surface area contributed by atoms with E-state index in [2.05, 4.69) is 35.8 Å². The number of hydrazone groups is 1. The summed E-state index contributed by atoms with van der Waals surface area (Å²) >= 11 is 0. The minimum atomic E-state index is -0.688. The van der Waals surface area contributed by atoms with Crippen molar-refractivity contribution < 1.29 is 18.8 Å². The number of nitro benzene ring substituents is 1. The summed E-state index contributed by atoms with van der Waals surface area (Å²) in [7, 11) is 0. The van der Waals surface area contributed by atoms with Crippen LogP contribution in [0.1, 0.15) is 23.2 Å². The zero-order valence-corrected chi connectivity index (χ0v) is 16.9. The first-order chi connectivity index (χ1) is 15.9. The maximum atomic E-state index is 12.8. The van der Waals surface area contributed by atoms with Gasteiger partial charge in [-0.3, -0.25) is 14.9 Å². The van der Waals surface area contributed by atoms with E-state index >= 15 is 0 Å². The predicted molar refractivity (Wildman–Crippen MR) is 114 cm³/mol. The number of nitrogens with two attached hydrogens (primary N) is 1. The molecule has 0 fully saturated rings. The van der Waals surface area contributed by atoms with E-state index in [4.69, 9.17) is 10.2 Å². The van der Waals surface area contributed by atoms with Crippen molar-refractivity contribution >= 4 is 29.7 Å². The van der Waals surface area contributed by atoms with Gasteiger partial charge in [-0.25, -0.2) is 10.1 Å². The van der Waals surface area contributed by atoms with Gasteiger partial charge in [0.25, 0.3) is 11.6 Å². The largest absolute Gasteiger partial charge is 0.465 e. The molecule has 0 aliphatic carbocycles. The Hall–Kier alpha value is -5.14. The Labute approximate surface area is 184 Å². The van der Waals surface area contributed by atoms with E-state index < -0.39 is 10.8 Å². The lowest BCUT2D eigenvalue weighted by molar-refractivity contribution is -0.384. The van der Waals surface area contributed by atoms with E-state index in [1.165, 1.54) is 36.7 Å². The quantitative estimate of drug-likeness (QED) is 0.240.